The maximum atomic E-state index is 4.70. The number of benzene rings is 1. The normalized spacial score (nSPS) is 16.8. The van der Waals surface area contributed by atoms with E-state index >= 15 is 0 Å². The van der Waals surface area contributed by atoms with Gasteiger partial charge >= 0.3 is 0 Å². The molecule has 0 saturated heterocycles. The Morgan fingerprint density at radius 1 is 1.39 bits per heavy atom. The van der Waals surface area contributed by atoms with Crippen LogP contribution in [-0.4, -0.2) is 15.6 Å². The Hall–Kier alpha value is -0.870. The second kappa shape index (κ2) is 5.02. The lowest BCUT2D eigenvalue weighted by atomic mass is 10.2. The fraction of sp³-hybridized carbons (Fsp3) is 0.500. The van der Waals surface area contributed by atoms with Crippen LogP contribution >= 0.6 is 15.9 Å². The lowest BCUT2D eigenvalue weighted by molar-refractivity contribution is 0.508. The summed E-state index contributed by atoms with van der Waals surface area (Å²) in [5.41, 5.74) is 2.26. The average Bonchev–Trinajstić information content (AvgIpc) is 2.95. The van der Waals surface area contributed by atoms with Crippen LogP contribution in [0.4, 0.5) is 0 Å². The van der Waals surface area contributed by atoms with Gasteiger partial charge in [0.1, 0.15) is 5.82 Å². The van der Waals surface area contributed by atoms with Crippen LogP contribution in [0.5, 0.6) is 0 Å². The summed E-state index contributed by atoms with van der Waals surface area (Å²) in [6, 6.07) is 6.95. The molecule has 1 aliphatic rings. The molecule has 0 unspecified atom stereocenters. The topological polar surface area (TPSA) is 29.9 Å². The number of aromatic nitrogens is 2. The smallest absolute Gasteiger partial charge is 0.123 e. The standard InChI is InChI=1S/C14H18BrN3/c1-18-13-7-6-10(15)8-12(13)17-14(18)9-16-11-4-2-3-5-11/h6-8,11,16H,2-5,9H2,1H3. The molecule has 3 rings (SSSR count). The molecule has 0 bridgehead atoms. The molecule has 0 amide bonds. The van der Waals surface area contributed by atoms with E-state index in [9.17, 15) is 0 Å². The zero-order valence-corrected chi connectivity index (χ0v) is 12.2. The van der Waals surface area contributed by atoms with Gasteiger partial charge in [0, 0.05) is 17.6 Å². The van der Waals surface area contributed by atoms with Gasteiger partial charge in [-0.3, -0.25) is 0 Å². The molecule has 4 heteroatoms. The van der Waals surface area contributed by atoms with Crippen molar-refractivity contribution in [3.8, 4) is 0 Å². The molecule has 1 fully saturated rings. The third-order valence-electron chi connectivity index (χ3n) is 3.84. The van der Waals surface area contributed by atoms with Crippen molar-refractivity contribution in [2.75, 3.05) is 0 Å². The van der Waals surface area contributed by atoms with E-state index in [1.54, 1.807) is 0 Å². The third-order valence-corrected chi connectivity index (χ3v) is 4.33. The Morgan fingerprint density at radius 3 is 2.94 bits per heavy atom. The summed E-state index contributed by atoms with van der Waals surface area (Å²) >= 11 is 3.49. The first kappa shape index (κ1) is 12.2. The molecule has 0 spiro atoms. The van der Waals surface area contributed by atoms with Crippen LogP contribution in [0.2, 0.25) is 0 Å². The second-order valence-electron chi connectivity index (χ2n) is 5.08. The van der Waals surface area contributed by atoms with Gasteiger partial charge in [-0.15, -0.1) is 0 Å². The Labute approximate surface area is 116 Å². The number of hydrogen-bond donors (Lipinski definition) is 1. The maximum Gasteiger partial charge on any atom is 0.123 e. The molecule has 0 aliphatic heterocycles. The summed E-state index contributed by atoms with van der Waals surface area (Å²) in [4.78, 5) is 4.70. The van der Waals surface area contributed by atoms with Crippen LogP contribution in [0, 0.1) is 0 Å². The van der Waals surface area contributed by atoms with Crippen LogP contribution in [0.3, 0.4) is 0 Å². The molecular formula is C14H18BrN3. The predicted octanol–water partition coefficient (Wildman–Crippen LogP) is 3.37. The maximum absolute atomic E-state index is 4.70. The van der Waals surface area contributed by atoms with Gasteiger partial charge in [-0.25, -0.2) is 4.98 Å². The fourth-order valence-corrected chi connectivity index (χ4v) is 3.10. The van der Waals surface area contributed by atoms with E-state index < -0.39 is 0 Å². The lowest BCUT2D eigenvalue weighted by Crippen LogP contribution is -2.26. The summed E-state index contributed by atoms with van der Waals surface area (Å²) in [5.74, 6) is 1.12. The highest BCUT2D eigenvalue weighted by Crippen LogP contribution is 2.21. The summed E-state index contributed by atoms with van der Waals surface area (Å²) < 4.78 is 3.27. The van der Waals surface area contributed by atoms with Gasteiger partial charge in [0.05, 0.1) is 17.6 Å². The largest absolute Gasteiger partial charge is 0.330 e. The number of nitrogens with one attached hydrogen (secondary N) is 1. The van der Waals surface area contributed by atoms with Crippen molar-refractivity contribution in [1.29, 1.82) is 0 Å². The number of halogens is 1. The summed E-state index contributed by atoms with van der Waals surface area (Å²) in [5, 5.41) is 3.62. The van der Waals surface area contributed by atoms with Gasteiger partial charge in [0.25, 0.3) is 0 Å². The summed E-state index contributed by atoms with van der Waals surface area (Å²) in [6.07, 6.45) is 5.37. The van der Waals surface area contributed by atoms with Crippen LogP contribution in [0.15, 0.2) is 22.7 Å². The van der Waals surface area contributed by atoms with Gasteiger partial charge < -0.3 is 9.88 Å². The monoisotopic (exact) mass is 307 g/mol. The lowest BCUT2D eigenvalue weighted by Gasteiger charge is -2.11. The van der Waals surface area contributed by atoms with Crippen molar-refractivity contribution in [3.05, 3.63) is 28.5 Å². The minimum Gasteiger partial charge on any atom is -0.330 e. The van der Waals surface area contributed by atoms with Crippen LogP contribution in [-0.2, 0) is 13.6 Å². The number of hydrogen-bond acceptors (Lipinski definition) is 2. The predicted molar refractivity (Wildman–Crippen MR) is 77.5 cm³/mol. The van der Waals surface area contributed by atoms with Crippen LogP contribution in [0.25, 0.3) is 11.0 Å². The number of rotatable bonds is 3. The van der Waals surface area contributed by atoms with Crippen LogP contribution < -0.4 is 5.32 Å². The number of imidazole rings is 1. The molecule has 0 atom stereocenters. The van der Waals surface area contributed by atoms with Crippen molar-refractivity contribution in [3.63, 3.8) is 0 Å². The van der Waals surface area contributed by atoms with E-state index in [0.717, 1.165) is 22.4 Å². The number of aryl methyl sites for hydroxylation is 1. The van der Waals surface area contributed by atoms with Crippen molar-refractivity contribution < 1.29 is 0 Å². The van der Waals surface area contributed by atoms with E-state index in [-0.39, 0.29) is 0 Å². The highest BCUT2D eigenvalue weighted by Gasteiger charge is 2.15. The molecule has 1 saturated carbocycles. The van der Waals surface area contributed by atoms with Crippen molar-refractivity contribution in [2.45, 2.75) is 38.3 Å². The molecule has 3 nitrogen and oxygen atoms in total. The number of nitrogens with zero attached hydrogens (tertiary/aromatic N) is 2. The van der Waals surface area contributed by atoms with Crippen molar-refractivity contribution in [2.24, 2.45) is 7.05 Å². The number of fused-ring (bicyclic) bond motifs is 1. The molecule has 1 aliphatic carbocycles. The average molecular weight is 308 g/mol. The van der Waals surface area contributed by atoms with Gasteiger partial charge in [0.15, 0.2) is 0 Å². The molecule has 1 N–H and O–H groups in total. The quantitative estimate of drug-likeness (QED) is 0.942. The molecule has 1 aromatic heterocycles. The zero-order valence-electron chi connectivity index (χ0n) is 10.6. The Morgan fingerprint density at radius 2 is 2.17 bits per heavy atom. The first-order chi connectivity index (χ1) is 8.74. The second-order valence-corrected chi connectivity index (χ2v) is 6.00. The van der Waals surface area contributed by atoms with Gasteiger partial charge in [-0.05, 0) is 31.0 Å². The van der Waals surface area contributed by atoms with E-state index in [1.807, 2.05) is 0 Å². The Bertz CT molecular complexity index is 555. The molecular weight excluding hydrogens is 290 g/mol. The van der Waals surface area contributed by atoms with E-state index in [4.69, 9.17) is 4.98 Å². The molecule has 1 heterocycles. The fourth-order valence-electron chi connectivity index (χ4n) is 2.75. The van der Waals surface area contributed by atoms with E-state index in [0.29, 0.717) is 6.04 Å². The van der Waals surface area contributed by atoms with Crippen molar-refractivity contribution in [1.82, 2.24) is 14.9 Å². The Kier molecular flexibility index (Phi) is 3.39. The molecule has 1 aromatic carbocycles. The summed E-state index contributed by atoms with van der Waals surface area (Å²) in [7, 11) is 2.09. The molecule has 96 valence electrons. The highest BCUT2D eigenvalue weighted by molar-refractivity contribution is 9.10. The van der Waals surface area contributed by atoms with Gasteiger partial charge in [-0.2, -0.15) is 0 Å². The minimum atomic E-state index is 0.691. The minimum absolute atomic E-state index is 0.691. The Balaban J connectivity index is 1.80. The SMILES string of the molecule is Cn1c(CNC2CCCC2)nc2cc(Br)ccc21. The highest BCUT2D eigenvalue weighted by atomic mass is 79.9. The first-order valence-electron chi connectivity index (χ1n) is 6.58. The third kappa shape index (κ3) is 2.31. The first-order valence-corrected chi connectivity index (χ1v) is 7.37. The van der Waals surface area contributed by atoms with Gasteiger partial charge in [-0.1, -0.05) is 28.8 Å². The summed E-state index contributed by atoms with van der Waals surface area (Å²) in [6.45, 7) is 0.869. The van der Waals surface area contributed by atoms with Crippen LogP contribution in [0.1, 0.15) is 31.5 Å². The molecule has 18 heavy (non-hydrogen) atoms. The molecule has 2 aromatic rings. The van der Waals surface area contributed by atoms with E-state index in [2.05, 4.69) is 51.1 Å². The zero-order chi connectivity index (χ0) is 12.5. The molecule has 0 radical (unpaired) electrons. The van der Waals surface area contributed by atoms with Crippen molar-refractivity contribution >= 4 is 27.0 Å². The van der Waals surface area contributed by atoms with Gasteiger partial charge in [0.2, 0.25) is 0 Å². The van der Waals surface area contributed by atoms with E-state index in [1.165, 1.54) is 31.2 Å².